The van der Waals surface area contributed by atoms with Gasteiger partial charge in [-0.25, -0.2) is 4.68 Å². The second-order valence-electron chi connectivity index (χ2n) is 6.83. The zero-order valence-electron chi connectivity index (χ0n) is 12.7. The Morgan fingerprint density at radius 3 is 2.95 bits per heavy atom. The zero-order chi connectivity index (χ0) is 14.9. The van der Waals surface area contributed by atoms with Crippen LogP contribution in [-0.4, -0.2) is 44.9 Å². The van der Waals surface area contributed by atoms with Gasteiger partial charge in [0.25, 0.3) is 0 Å². The van der Waals surface area contributed by atoms with Crippen LogP contribution in [0.2, 0.25) is 0 Å². The molecular formula is C15H23N5O2. The Hall–Kier alpha value is -1.50. The lowest BCUT2D eigenvalue weighted by atomic mass is 9.61. The standard InChI is InChI=1S/C15H23N5O2/c21-12(5-7-20-9-16-18-19-20)17-14-11-6-8-22-15(11)13(14)10-3-1-2-4-10/h9-11,13-15H,1-8H2,(H,17,21). The van der Waals surface area contributed by atoms with E-state index in [1.807, 2.05) is 0 Å². The number of aryl methyl sites for hydroxylation is 1. The molecule has 120 valence electrons. The van der Waals surface area contributed by atoms with Crippen molar-refractivity contribution in [1.82, 2.24) is 25.5 Å². The Kier molecular flexibility index (Phi) is 3.82. The smallest absolute Gasteiger partial charge is 0.222 e. The Bertz CT molecular complexity index is 509. The molecule has 2 heterocycles. The number of fused-ring (bicyclic) bond motifs is 1. The van der Waals surface area contributed by atoms with Gasteiger partial charge in [-0.3, -0.25) is 4.79 Å². The number of amides is 1. The van der Waals surface area contributed by atoms with Crippen molar-refractivity contribution in [3.8, 4) is 0 Å². The van der Waals surface area contributed by atoms with Crippen LogP contribution in [0, 0.1) is 17.8 Å². The molecule has 0 spiro atoms. The molecule has 1 N–H and O–H groups in total. The van der Waals surface area contributed by atoms with E-state index >= 15 is 0 Å². The first-order valence-corrected chi connectivity index (χ1v) is 8.44. The average molecular weight is 305 g/mol. The summed E-state index contributed by atoms with van der Waals surface area (Å²) >= 11 is 0. The number of aromatic nitrogens is 4. The number of nitrogens with zero attached hydrogens (tertiary/aromatic N) is 4. The lowest BCUT2D eigenvalue weighted by Gasteiger charge is -2.50. The van der Waals surface area contributed by atoms with Crippen molar-refractivity contribution in [2.75, 3.05) is 6.61 Å². The third-order valence-corrected chi connectivity index (χ3v) is 5.67. The average Bonchev–Trinajstić information content (AvgIpc) is 3.25. The highest BCUT2D eigenvalue weighted by Gasteiger charge is 2.56. The summed E-state index contributed by atoms with van der Waals surface area (Å²) in [5.74, 6) is 1.91. The van der Waals surface area contributed by atoms with Gasteiger partial charge in [0, 0.05) is 30.9 Å². The molecule has 4 rings (SSSR count). The predicted octanol–water partition coefficient (Wildman–Crippen LogP) is 0.773. The first-order valence-electron chi connectivity index (χ1n) is 8.44. The fourth-order valence-electron chi connectivity index (χ4n) is 4.62. The summed E-state index contributed by atoms with van der Waals surface area (Å²) < 4.78 is 7.52. The van der Waals surface area contributed by atoms with E-state index in [0.717, 1.165) is 18.9 Å². The lowest BCUT2D eigenvalue weighted by Crippen LogP contribution is -2.63. The first kappa shape index (κ1) is 14.1. The van der Waals surface area contributed by atoms with Gasteiger partial charge in [-0.1, -0.05) is 25.7 Å². The molecule has 1 aliphatic heterocycles. The molecule has 4 atom stereocenters. The van der Waals surface area contributed by atoms with Crippen molar-refractivity contribution in [2.24, 2.45) is 17.8 Å². The van der Waals surface area contributed by atoms with Crippen molar-refractivity contribution in [2.45, 2.75) is 57.2 Å². The van der Waals surface area contributed by atoms with Gasteiger partial charge in [0.2, 0.25) is 5.91 Å². The van der Waals surface area contributed by atoms with E-state index in [4.69, 9.17) is 4.74 Å². The molecule has 7 nitrogen and oxygen atoms in total. The molecule has 4 unspecified atom stereocenters. The molecule has 1 saturated heterocycles. The molecule has 3 fully saturated rings. The zero-order valence-corrected chi connectivity index (χ0v) is 12.7. The van der Waals surface area contributed by atoms with Crippen molar-refractivity contribution < 1.29 is 9.53 Å². The van der Waals surface area contributed by atoms with Crippen LogP contribution < -0.4 is 5.32 Å². The van der Waals surface area contributed by atoms with Gasteiger partial charge in [0.1, 0.15) is 6.33 Å². The van der Waals surface area contributed by atoms with Crippen LogP contribution in [0.1, 0.15) is 38.5 Å². The highest BCUT2D eigenvalue weighted by atomic mass is 16.5. The number of tetrazole rings is 1. The molecule has 3 aliphatic rings. The molecule has 0 bridgehead atoms. The van der Waals surface area contributed by atoms with Gasteiger partial charge >= 0.3 is 0 Å². The Morgan fingerprint density at radius 2 is 2.18 bits per heavy atom. The van der Waals surface area contributed by atoms with Gasteiger partial charge < -0.3 is 10.1 Å². The van der Waals surface area contributed by atoms with Crippen LogP contribution in [0.25, 0.3) is 0 Å². The maximum Gasteiger partial charge on any atom is 0.222 e. The molecule has 2 saturated carbocycles. The SMILES string of the molecule is O=C(CCn1cnnn1)NC1C2CCOC2C1C1CCCC1. The number of carbonyl (C=O) groups excluding carboxylic acids is 1. The molecule has 0 aromatic carbocycles. The minimum Gasteiger partial charge on any atom is -0.377 e. The molecule has 1 amide bonds. The van der Waals surface area contributed by atoms with E-state index in [-0.39, 0.29) is 5.91 Å². The molecular weight excluding hydrogens is 282 g/mol. The van der Waals surface area contributed by atoms with E-state index in [2.05, 4.69) is 20.8 Å². The number of nitrogens with one attached hydrogen (secondary N) is 1. The van der Waals surface area contributed by atoms with E-state index in [0.29, 0.717) is 36.9 Å². The van der Waals surface area contributed by atoms with Crippen molar-refractivity contribution in [3.63, 3.8) is 0 Å². The first-order chi connectivity index (χ1) is 10.8. The van der Waals surface area contributed by atoms with Crippen LogP contribution in [-0.2, 0) is 16.1 Å². The second-order valence-corrected chi connectivity index (χ2v) is 6.83. The number of carbonyl (C=O) groups is 1. The molecule has 7 heteroatoms. The minimum atomic E-state index is 0.105. The number of hydrogen-bond donors (Lipinski definition) is 1. The summed E-state index contributed by atoms with van der Waals surface area (Å²) in [4.78, 5) is 12.3. The van der Waals surface area contributed by atoms with Gasteiger partial charge in [-0.05, 0) is 22.8 Å². The Labute approximate surface area is 129 Å². The molecule has 1 aromatic rings. The summed E-state index contributed by atoms with van der Waals surface area (Å²) in [5, 5.41) is 14.2. The molecule has 22 heavy (non-hydrogen) atoms. The molecule has 0 radical (unpaired) electrons. The van der Waals surface area contributed by atoms with Crippen LogP contribution in [0.5, 0.6) is 0 Å². The fraction of sp³-hybridized carbons (Fsp3) is 0.867. The number of ether oxygens (including phenoxy) is 1. The van der Waals surface area contributed by atoms with Crippen LogP contribution in [0.3, 0.4) is 0 Å². The maximum absolute atomic E-state index is 12.3. The van der Waals surface area contributed by atoms with E-state index < -0.39 is 0 Å². The van der Waals surface area contributed by atoms with Crippen molar-refractivity contribution >= 4 is 5.91 Å². The quantitative estimate of drug-likeness (QED) is 0.869. The topological polar surface area (TPSA) is 81.9 Å². The van der Waals surface area contributed by atoms with Crippen LogP contribution in [0.15, 0.2) is 6.33 Å². The summed E-state index contributed by atoms with van der Waals surface area (Å²) in [6, 6.07) is 0.317. The molecule has 1 aromatic heterocycles. The summed E-state index contributed by atoms with van der Waals surface area (Å²) in [7, 11) is 0. The van der Waals surface area contributed by atoms with Gasteiger partial charge in [-0.15, -0.1) is 5.10 Å². The fourth-order valence-corrected chi connectivity index (χ4v) is 4.62. The Morgan fingerprint density at radius 1 is 1.32 bits per heavy atom. The van der Waals surface area contributed by atoms with E-state index in [9.17, 15) is 4.79 Å². The highest BCUT2D eigenvalue weighted by molar-refractivity contribution is 5.76. The largest absolute Gasteiger partial charge is 0.377 e. The highest BCUT2D eigenvalue weighted by Crippen LogP contribution is 2.51. The van der Waals surface area contributed by atoms with Gasteiger partial charge in [-0.2, -0.15) is 0 Å². The van der Waals surface area contributed by atoms with Gasteiger partial charge in [0.05, 0.1) is 12.6 Å². The second kappa shape index (κ2) is 5.95. The summed E-state index contributed by atoms with van der Waals surface area (Å²) in [6.45, 7) is 1.39. The van der Waals surface area contributed by atoms with Gasteiger partial charge in [0.15, 0.2) is 0 Å². The predicted molar refractivity (Wildman–Crippen MR) is 77.7 cm³/mol. The van der Waals surface area contributed by atoms with Crippen molar-refractivity contribution in [3.05, 3.63) is 6.33 Å². The third-order valence-electron chi connectivity index (χ3n) is 5.67. The van der Waals surface area contributed by atoms with Crippen molar-refractivity contribution in [1.29, 1.82) is 0 Å². The number of rotatable bonds is 5. The lowest BCUT2D eigenvalue weighted by molar-refractivity contribution is -0.130. The Balaban J connectivity index is 1.34. The number of hydrogen-bond acceptors (Lipinski definition) is 5. The van der Waals surface area contributed by atoms with Crippen LogP contribution >= 0.6 is 0 Å². The van der Waals surface area contributed by atoms with E-state index in [1.54, 1.807) is 11.0 Å². The molecule has 2 aliphatic carbocycles. The normalized spacial score (nSPS) is 34.4. The summed E-state index contributed by atoms with van der Waals surface area (Å²) in [5.41, 5.74) is 0. The monoisotopic (exact) mass is 305 g/mol. The van der Waals surface area contributed by atoms with E-state index in [1.165, 1.54) is 25.7 Å². The maximum atomic E-state index is 12.3. The third kappa shape index (κ3) is 2.51. The summed E-state index contributed by atoms with van der Waals surface area (Å²) in [6.07, 6.45) is 8.72. The van der Waals surface area contributed by atoms with Crippen LogP contribution in [0.4, 0.5) is 0 Å². The minimum absolute atomic E-state index is 0.105.